The number of benzene rings is 1. The molecule has 0 amide bonds. The number of aromatic nitrogens is 2. The molecule has 4 heteroatoms. The van der Waals surface area contributed by atoms with Gasteiger partial charge in [-0.15, -0.1) is 0 Å². The summed E-state index contributed by atoms with van der Waals surface area (Å²) in [7, 11) is 0. The zero-order valence-electron chi connectivity index (χ0n) is 7.43. The number of rotatable bonds is 3. The summed E-state index contributed by atoms with van der Waals surface area (Å²) in [5, 5.41) is 4.08. The van der Waals surface area contributed by atoms with Crippen LogP contribution in [0.4, 0.5) is 0 Å². The topological polar surface area (TPSA) is 27.1 Å². The molecule has 0 saturated heterocycles. The molecule has 0 spiro atoms. The summed E-state index contributed by atoms with van der Waals surface area (Å²) < 4.78 is 8.16. The van der Waals surface area contributed by atoms with Gasteiger partial charge < -0.3 is 4.74 Å². The van der Waals surface area contributed by atoms with Gasteiger partial charge in [-0.2, -0.15) is 5.10 Å². The van der Waals surface area contributed by atoms with Gasteiger partial charge in [0.2, 0.25) is 0 Å². The molecule has 3 nitrogen and oxygen atoms in total. The number of halogens is 1. The molecule has 0 unspecified atom stereocenters. The van der Waals surface area contributed by atoms with Crippen molar-refractivity contribution in [2.45, 2.75) is 6.73 Å². The average molecular weight is 253 g/mol. The number of hydrogen-bond donors (Lipinski definition) is 0. The predicted molar refractivity (Wildman–Crippen MR) is 57.0 cm³/mol. The fraction of sp³-hybridized carbons (Fsp3) is 0.100. The van der Waals surface area contributed by atoms with E-state index in [2.05, 4.69) is 21.0 Å². The minimum Gasteiger partial charge on any atom is -0.471 e. The Hall–Kier alpha value is -1.29. The van der Waals surface area contributed by atoms with Crippen molar-refractivity contribution >= 4 is 15.9 Å². The molecule has 0 aliphatic carbocycles. The second-order valence-electron chi connectivity index (χ2n) is 2.78. The summed E-state index contributed by atoms with van der Waals surface area (Å²) >= 11 is 3.32. The fourth-order valence-corrected chi connectivity index (χ4v) is 1.39. The Kier molecular flexibility index (Phi) is 2.84. The van der Waals surface area contributed by atoms with Crippen LogP contribution in [0, 0.1) is 0 Å². The largest absolute Gasteiger partial charge is 0.471 e. The van der Waals surface area contributed by atoms with E-state index < -0.39 is 0 Å². The van der Waals surface area contributed by atoms with Gasteiger partial charge in [0.1, 0.15) is 5.75 Å². The Morgan fingerprint density at radius 2 is 2.07 bits per heavy atom. The Labute approximate surface area is 90.4 Å². The lowest BCUT2D eigenvalue weighted by Crippen LogP contribution is -2.04. The Balaban J connectivity index is 1.95. The van der Waals surface area contributed by atoms with Crippen molar-refractivity contribution in [2.75, 3.05) is 0 Å². The van der Waals surface area contributed by atoms with Crippen molar-refractivity contribution in [2.24, 2.45) is 0 Å². The second-order valence-corrected chi connectivity index (χ2v) is 3.70. The van der Waals surface area contributed by atoms with E-state index in [1.54, 1.807) is 10.9 Å². The zero-order chi connectivity index (χ0) is 9.80. The van der Waals surface area contributed by atoms with Crippen LogP contribution >= 0.6 is 15.9 Å². The average Bonchev–Trinajstić information content (AvgIpc) is 2.63. The maximum atomic E-state index is 5.48. The van der Waals surface area contributed by atoms with Crippen molar-refractivity contribution in [3.8, 4) is 5.75 Å². The quantitative estimate of drug-likeness (QED) is 0.840. The summed E-state index contributed by atoms with van der Waals surface area (Å²) in [6, 6.07) is 9.66. The highest BCUT2D eigenvalue weighted by molar-refractivity contribution is 9.10. The van der Waals surface area contributed by atoms with Gasteiger partial charge in [-0.3, -0.25) is 0 Å². The molecule has 72 valence electrons. The van der Waals surface area contributed by atoms with E-state index >= 15 is 0 Å². The molecule has 1 heterocycles. The highest BCUT2D eigenvalue weighted by atomic mass is 79.9. The van der Waals surface area contributed by atoms with Crippen molar-refractivity contribution in [3.05, 3.63) is 47.2 Å². The molecule has 2 aromatic rings. The molecule has 0 bridgehead atoms. The molecule has 0 fully saturated rings. The van der Waals surface area contributed by atoms with Gasteiger partial charge in [0.05, 0.1) is 10.7 Å². The minimum atomic E-state index is 0.426. The molecule has 0 aliphatic heterocycles. The SMILES string of the molecule is Brc1cnn(COc2ccccc2)c1. The first-order valence-corrected chi connectivity index (χ1v) is 5.00. The summed E-state index contributed by atoms with van der Waals surface area (Å²) in [6.45, 7) is 0.426. The lowest BCUT2D eigenvalue weighted by atomic mass is 10.3. The van der Waals surface area contributed by atoms with Gasteiger partial charge in [0, 0.05) is 6.20 Å². The van der Waals surface area contributed by atoms with E-state index in [0.29, 0.717) is 6.73 Å². The second kappa shape index (κ2) is 4.28. The molecule has 0 atom stereocenters. The fourth-order valence-electron chi connectivity index (χ4n) is 1.07. The van der Waals surface area contributed by atoms with Crippen molar-refractivity contribution in [1.82, 2.24) is 9.78 Å². The van der Waals surface area contributed by atoms with E-state index in [9.17, 15) is 0 Å². The van der Waals surface area contributed by atoms with E-state index in [-0.39, 0.29) is 0 Å². The van der Waals surface area contributed by atoms with Crippen molar-refractivity contribution < 1.29 is 4.74 Å². The van der Waals surface area contributed by atoms with Crippen LogP contribution < -0.4 is 4.74 Å². The molecule has 1 aromatic heterocycles. The van der Waals surface area contributed by atoms with Gasteiger partial charge in [-0.1, -0.05) is 18.2 Å². The Bertz CT molecular complexity index is 400. The van der Waals surface area contributed by atoms with Gasteiger partial charge >= 0.3 is 0 Å². The highest BCUT2D eigenvalue weighted by Gasteiger charge is 1.95. The van der Waals surface area contributed by atoms with Crippen molar-refractivity contribution in [3.63, 3.8) is 0 Å². The van der Waals surface area contributed by atoms with Crippen LogP contribution in [0.2, 0.25) is 0 Å². The predicted octanol–water partition coefficient (Wildman–Crippen LogP) is 2.68. The normalized spacial score (nSPS) is 10.1. The van der Waals surface area contributed by atoms with Gasteiger partial charge in [0.15, 0.2) is 6.73 Å². The standard InChI is InChI=1S/C10H9BrN2O/c11-9-6-12-13(7-9)8-14-10-4-2-1-3-5-10/h1-7H,8H2. The lowest BCUT2D eigenvalue weighted by Gasteiger charge is -2.04. The molecule has 0 saturated carbocycles. The molecule has 1 aromatic carbocycles. The van der Waals surface area contributed by atoms with E-state index in [1.165, 1.54) is 0 Å². The molecular weight excluding hydrogens is 244 g/mol. The third kappa shape index (κ3) is 2.35. The molecule has 0 radical (unpaired) electrons. The Morgan fingerprint density at radius 1 is 1.29 bits per heavy atom. The maximum absolute atomic E-state index is 5.48. The minimum absolute atomic E-state index is 0.426. The van der Waals surface area contributed by atoms with Gasteiger partial charge in [0.25, 0.3) is 0 Å². The van der Waals surface area contributed by atoms with Gasteiger partial charge in [-0.25, -0.2) is 4.68 Å². The number of nitrogens with zero attached hydrogens (tertiary/aromatic N) is 2. The molecule has 14 heavy (non-hydrogen) atoms. The van der Waals surface area contributed by atoms with E-state index in [4.69, 9.17) is 4.74 Å². The number of para-hydroxylation sites is 1. The van der Waals surface area contributed by atoms with Crippen LogP contribution in [0.15, 0.2) is 47.2 Å². The lowest BCUT2D eigenvalue weighted by molar-refractivity contribution is 0.221. The number of ether oxygens (including phenoxy) is 1. The van der Waals surface area contributed by atoms with Crippen LogP contribution in [-0.2, 0) is 6.73 Å². The van der Waals surface area contributed by atoms with Crippen LogP contribution in [-0.4, -0.2) is 9.78 Å². The first-order chi connectivity index (χ1) is 6.84. The maximum Gasteiger partial charge on any atom is 0.180 e. The van der Waals surface area contributed by atoms with E-state index in [0.717, 1.165) is 10.2 Å². The molecule has 0 N–H and O–H groups in total. The van der Waals surface area contributed by atoms with E-state index in [1.807, 2.05) is 36.5 Å². The number of hydrogen-bond acceptors (Lipinski definition) is 2. The summed E-state index contributed by atoms with van der Waals surface area (Å²) in [5.41, 5.74) is 0. The first kappa shape index (κ1) is 9.27. The molecule has 0 aliphatic rings. The highest BCUT2D eigenvalue weighted by Crippen LogP contribution is 2.10. The smallest absolute Gasteiger partial charge is 0.180 e. The first-order valence-electron chi connectivity index (χ1n) is 4.20. The molecular formula is C10H9BrN2O. The van der Waals surface area contributed by atoms with Crippen LogP contribution in [0.25, 0.3) is 0 Å². The third-order valence-corrected chi connectivity index (χ3v) is 2.12. The summed E-state index contributed by atoms with van der Waals surface area (Å²) in [5.74, 6) is 0.846. The monoisotopic (exact) mass is 252 g/mol. The third-order valence-electron chi connectivity index (χ3n) is 1.71. The summed E-state index contributed by atoms with van der Waals surface area (Å²) in [6.07, 6.45) is 3.59. The van der Waals surface area contributed by atoms with Crippen LogP contribution in [0.1, 0.15) is 0 Å². The molecule has 2 rings (SSSR count). The Morgan fingerprint density at radius 3 is 2.71 bits per heavy atom. The van der Waals surface area contributed by atoms with Crippen LogP contribution in [0.5, 0.6) is 5.75 Å². The van der Waals surface area contributed by atoms with Gasteiger partial charge in [-0.05, 0) is 28.1 Å². The summed E-state index contributed by atoms with van der Waals surface area (Å²) in [4.78, 5) is 0. The van der Waals surface area contributed by atoms with Crippen molar-refractivity contribution in [1.29, 1.82) is 0 Å². The zero-order valence-corrected chi connectivity index (χ0v) is 9.02. The van der Waals surface area contributed by atoms with Crippen LogP contribution in [0.3, 0.4) is 0 Å².